The molecule has 16 heavy (non-hydrogen) atoms. The molecule has 0 saturated heterocycles. The predicted octanol–water partition coefficient (Wildman–Crippen LogP) is 1.93. The van der Waals surface area contributed by atoms with E-state index < -0.39 is 10.0 Å². The summed E-state index contributed by atoms with van der Waals surface area (Å²) in [5, 5.41) is 0. The maximum absolute atomic E-state index is 13.0. The van der Waals surface area contributed by atoms with E-state index in [2.05, 4.69) is 0 Å². The van der Waals surface area contributed by atoms with Crippen LogP contribution in [0.1, 0.15) is 18.9 Å². The third kappa shape index (κ3) is 1.91. The van der Waals surface area contributed by atoms with Crippen LogP contribution in [0, 0.1) is 5.82 Å². The average molecular weight is 243 g/mol. The second-order valence-electron chi connectivity index (χ2n) is 3.91. The number of halogens is 1. The lowest BCUT2D eigenvalue weighted by atomic mass is 10.2. The van der Waals surface area contributed by atoms with Crippen LogP contribution in [0.15, 0.2) is 18.2 Å². The molecule has 5 heteroatoms. The van der Waals surface area contributed by atoms with Crippen LogP contribution in [0.4, 0.5) is 10.1 Å². The fourth-order valence-corrected chi connectivity index (χ4v) is 3.58. The van der Waals surface area contributed by atoms with Crippen molar-refractivity contribution in [2.75, 3.05) is 16.6 Å². The summed E-state index contributed by atoms with van der Waals surface area (Å²) < 4.78 is 38.2. The Hall–Kier alpha value is -1.10. The van der Waals surface area contributed by atoms with Crippen molar-refractivity contribution in [2.24, 2.45) is 0 Å². The van der Waals surface area contributed by atoms with E-state index in [0.29, 0.717) is 25.1 Å². The van der Waals surface area contributed by atoms with Gasteiger partial charge < -0.3 is 0 Å². The average Bonchev–Trinajstić information content (AvgIpc) is 2.60. The third-order valence-corrected chi connectivity index (χ3v) is 4.67. The van der Waals surface area contributed by atoms with Crippen molar-refractivity contribution in [2.45, 2.75) is 19.8 Å². The molecule has 0 aliphatic carbocycles. The van der Waals surface area contributed by atoms with Gasteiger partial charge in [-0.25, -0.2) is 12.8 Å². The molecule has 88 valence electrons. The number of hydrogen-bond acceptors (Lipinski definition) is 2. The smallest absolute Gasteiger partial charge is 0.235 e. The summed E-state index contributed by atoms with van der Waals surface area (Å²) in [6.07, 6.45) is 1.19. The van der Waals surface area contributed by atoms with Gasteiger partial charge in [0.15, 0.2) is 0 Å². The molecule has 0 aromatic heterocycles. The number of sulfonamides is 1. The van der Waals surface area contributed by atoms with Gasteiger partial charge in [0.25, 0.3) is 0 Å². The van der Waals surface area contributed by atoms with Crippen molar-refractivity contribution in [3.05, 3.63) is 29.6 Å². The molecule has 0 unspecified atom stereocenters. The summed E-state index contributed by atoms with van der Waals surface area (Å²) in [6, 6.07) is 4.26. The van der Waals surface area contributed by atoms with Crippen LogP contribution in [-0.2, 0) is 16.4 Å². The molecule has 0 atom stereocenters. The van der Waals surface area contributed by atoms with E-state index >= 15 is 0 Å². The molecule has 1 aliphatic rings. The number of anilines is 1. The molecule has 0 amide bonds. The molecule has 0 bridgehead atoms. The van der Waals surface area contributed by atoms with E-state index in [4.69, 9.17) is 0 Å². The zero-order valence-electron chi connectivity index (χ0n) is 9.11. The molecule has 1 aliphatic heterocycles. The normalized spacial score (nSPS) is 15.2. The first-order chi connectivity index (χ1) is 7.54. The predicted molar refractivity (Wildman–Crippen MR) is 61.5 cm³/mol. The van der Waals surface area contributed by atoms with E-state index in [9.17, 15) is 12.8 Å². The van der Waals surface area contributed by atoms with Gasteiger partial charge in [0.1, 0.15) is 5.82 Å². The monoisotopic (exact) mass is 243 g/mol. The fraction of sp³-hybridized carbons (Fsp3) is 0.455. The van der Waals surface area contributed by atoms with Crippen molar-refractivity contribution >= 4 is 15.7 Å². The Balaban J connectivity index is 2.37. The van der Waals surface area contributed by atoms with Crippen LogP contribution in [0.5, 0.6) is 0 Å². The van der Waals surface area contributed by atoms with Gasteiger partial charge in [-0.05, 0) is 36.6 Å². The molecule has 0 N–H and O–H groups in total. The Labute approximate surface area is 94.9 Å². The quantitative estimate of drug-likeness (QED) is 0.813. The topological polar surface area (TPSA) is 37.4 Å². The van der Waals surface area contributed by atoms with Gasteiger partial charge in [-0.2, -0.15) is 0 Å². The molecule has 0 radical (unpaired) electrons. The van der Waals surface area contributed by atoms with Crippen LogP contribution in [0.25, 0.3) is 0 Å². The minimum Gasteiger partial charge on any atom is -0.270 e. The first kappa shape index (κ1) is 11.4. The van der Waals surface area contributed by atoms with E-state index in [0.717, 1.165) is 5.56 Å². The van der Waals surface area contributed by atoms with Crippen LogP contribution >= 0.6 is 0 Å². The van der Waals surface area contributed by atoms with E-state index in [1.165, 1.54) is 16.4 Å². The lowest BCUT2D eigenvalue weighted by Crippen LogP contribution is -2.31. The molecule has 1 heterocycles. The summed E-state index contributed by atoms with van der Waals surface area (Å²) in [5.41, 5.74) is 1.41. The molecule has 0 fully saturated rings. The molecule has 3 nitrogen and oxygen atoms in total. The highest BCUT2D eigenvalue weighted by molar-refractivity contribution is 7.92. The van der Waals surface area contributed by atoms with Gasteiger partial charge in [0.05, 0.1) is 11.4 Å². The van der Waals surface area contributed by atoms with E-state index in [-0.39, 0.29) is 11.6 Å². The molecule has 1 aromatic rings. The Morgan fingerprint density at radius 2 is 2.19 bits per heavy atom. The first-order valence-electron chi connectivity index (χ1n) is 5.33. The summed E-state index contributed by atoms with van der Waals surface area (Å²) in [6.45, 7) is 2.26. The highest BCUT2D eigenvalue weighted by Gasteiger charge is 2.28. The first-order valence-corrected chi connectivity index (χ1v) is 6.94. The van der Waals surface area contributed by atoms with E-state index in [1.54, 1.807) is 6.07 Å². The van der Waals surface area contributed by atoms with Gasteiger partial charge in [-0.15, -0.1) is 0 Å². The Bertz CT molecular complexity index is 499. The minimum atomic E-state index is -3.23. The highest BCUT2D eigenvalue weighted by atomic mass is 32.2. The van der Waals surface area contributed by atoms with Gasteiger partial charge in [-0.3, -0.25) is 4.31 Å². The SMILES string of the molecule is CCCS(=O)(=O)N1CCc2cc(F)ccc21. The number of nitrogens with zero attached hydrogens (tertiary/aromatic N) is 1. The van der Waals surface area contributed by atoms with Gasteiger partial charge in [-0.1, -0.05) is 6.92 Å². The zero-order chi connectivity index (χ0) is 11.8. The third-order valence-electron chi connectivity index (χ3n) is 2.69. The summed E-state index contributed by atoms with van der Waals surface area (Å²) in [7, 11) is -3.23. The maximum atomic E-state index is 13.0. The van der Waals surface area contributed by atoms with Crippen LogP contribution in [-0.4, -0.2) is 20.7 Å². The van der Waals surface area contributed by atoms with Crippen molar-refractivity contribution in [3.8, 4) is 0 Å². The fourth-order valence-electron chi connectivity index (χ4n) is 2.00. The summed E-state index contributed by atoms with van der Waals surface area (Å²) in [4.78, 5) is 0. The standard InChI is InChI=1S/C11H14FNO2S/c1-2-7-16(14,15)13-6-5-9-8-10(12)3-4-11(9)13/h3-4,8H,2,5-7H2,1H3. The molecular weight excluding hydrogens is 229 g/mol. The number of rotatable bonds is 3. The van der Waals surface area contributed by atoms with E-state index in [1.807, 2.05) is 6.92 Å². The lowest BCUT2D eigenvalue weighted by molar-refractivity contribution is 0.591. The molecule has 2 rings (SSSR count). The second-order valence-corrected chi connectivity index (χ2v) is 5.92. The second kappa shape index (κ2) is 4.05. The summed E-state index contributed by atoms with van der Waals surface area (Å²) >= 11 is 0. The van der Waals surface area contributed by atoms with Crippen LogP contribution in [0.2, 0.25) is 0 Å². The zero-order valence-corrected chi connectivity index (χ0v) is 9.93. The number of hydrogen-bond donors (Lipinski definition) is 0. The highest BCUT2D eigenvalue weighted by Crippen LogP contribution is 2.30. The lowest BCUT2D eigenvalue weighted by Gasteiger charge is -2.18. The molecule has 0 spiro atoms. The molecule has 1 aromatic carbocycles. The Morgan fingerprint density at radius 3 is 2.88 bits per heavy atom. The van der Waals surface area contributed by atoms with Crippen LogP contribution in [0.3, 0.4) is 0 Å². The van der Waals surface area contributed by atoms with Crippen molar-refractivity contribution < 1.29 is 12.8 Å². The number of benzene rings is 1. The molecule has 0 saturated carbocycles. The molecular formula is C11H14FNO2S. The van der Waals surface area contributed by atoms with Crippen LogP contribution < -0.4 is 4.31 Å². The van der Waals surface area contributed by atoms with Gasteiger partial charge in [0, 0.05) is 6.54 Å². The Morgan fingerprint density at radius 1 is 1.44 bits per heavy atom. The minimum absolute atomic E-state index is 0.143. The maximum Gasteiger partial charge on any atom is 0.235 e. The van der Waals surface area contributed by atoms with Crippen molar-refractivity contribution in [1.82, 2.24) is 0 Å². The number of fused-ring (bicyclic) bond motifs is 1. The van der Waals surface area contributed by atoms with Gasteiger partial charge in [0.2, 0.25) is 10.0 Å². The van der Waals surface area contributed by atoms with Crippen molar-refractivity contribution in [1.29, 1.82) is 0 Å². The van der Waals surface area contributed by atoms with Gasteiger partial charge >= 0.3 is 0 Å². The summed E-state index contributed by atoms with van der Waals surface area (Å²) in [5.74, 6) is -0.169. The largest absolute Gasteiger partial charge is 0.270 e. The van der Waals surface area contributed by atoms with Crippen molar-refractivity contribution in [3.63, 3.8) is 0 Å². The Kier molecular flexibility index (Phi) is 2.88.